The van der Waals surface area contributed by atoms with E-state index in [4.69, 9.17) is 0 Å². The third-order valence-electron chi connectivity index (χ3n) is 4.11. The lowest BCUT2D eigenvalue weighted by Crippen LogP contribution is -2.47. The van der Waals surface area contributed by atoms with Crippen LogP contribution in [0.2, 0.25) is 0 Å². The van der Waals surface area contributed by atoms with E-state index in [2.05, 4.69) is 24.1 Å². The first-order chi connectivity index (χ1) is 9.24. The second-order valence-electron chi connectivity index (χ2n) is 5.47. The van der Waals surface area contributed by atoms with Crippen molar-refractivity contribution in [2.45, 2.75) is 45.2 Å². The zero-order valence-electron chi connectivity index (χ0n) is 12.1. The average molecular weight is 262 g/mol. The number of rotatable bonds is 5. The van der Waals surface area contributed by atoms with Crippen LogP contribution in [-0.4, -0.2) is 35.7 Å². The molecule has 2 atom stereocenters. The molecular weight excluding hydrogens is 236 g/mol. The summed E-state index contributed by atoms with van der Waals surface area (Å²) < 4.78 is 0. The maximum absolute atomic E-state index is 10.1. The molecule has 1 heterocycles. The third kappa shape index (κ3) is 3.48. The fraction of sp³-hybridized carbons (Fsp3) is 0.625. The van der Waals surface area contributed by atoms with Gasteiger partial charge in [-0.2, -0.15) is 0 Å². The van der Waals surface area contributed by atoms with E-state index in [1.807, 2.05) is 18.2 Å². The molecule has 0 aliphatic carbocycles. The van der Waals surface area contributed by atoms with E-state index in [0.717, 1.165) is 31.6 Å². The summed E-state index contributed by atoms with van der Waals surface area (Å²) in [7, 11) is 0. The van der Waals surface area contributed by atoms with E-state index in [1.54, 1.807) is 6.07 Å². The van der Waals surface area contributed by atoms with Crippen LogP contribution in [0, 0.1) is 0 Å². The lowest BCUT2D eigenvalue weighted by molar-refractivity contribution is 0.119. The summed E-state index contributed by atoms with van der Waals surface area (Å²) in [6, 6.07) is 8.58. The van der Waals surface area contributed by atoms with Gasteiger partial charge in [-0.1, -0.05) is 25.1 Å². The van der Waals surface area contributed by atoms with Gasteiger partial charge in [0.15, 0.2) is 0 Å². The normalized spacial score (nSPS) is 21.5. The quantitative estimate of drug-likeness (QED) is 0.856. The van der Waals surface area contributed by atoms with Crippen LogP contribution >= 0.6 is 0 Å². The molecule has 1 aliphatic heterocycles. The van der Waals surface area contributed by atoms with Gasteiger partial charge in [0.1, 0.15) is 5.75 Å². The van der Waals surface area contributed by atoms with Crippen LogP contribution in [0.3, 0.4) is 0 Å². The summed E-state index contributed by atoms with van der Waals surface area (Å²) in [6.45, 7) is 7.72. The standard InChI is InChI=1S/C16H26N2O/c1-3-11-18(14-7-6-10-17-12-14)13(2)15-8-4-5-9-16(15)19/h4-5,8-9,13-14,17,19H,3,6-7,10-12H2,1-2H3. The van der Waals surface area contributed by atoms with Crippen molar-refractivity contribution in [2.24, 2.45) is 0 Å². The van der Waals surface area contributed by atoms with Crippen LogP contribution in [0.1, 0.15) is 44.7 Å². The van der Waals surface area contributed by atoms with Gasteiger partial charge in [0.2, 0.25) is 0 Å². The van der Waals surface area contributed by atoms with Crippen LogP contribution in [0.5, 0.6) is 5.75 Å². The van der Waals surface area contributed by atoms with Crippen LogP contribution < -0.4 is 5.32 Å². The highest BCUT2D eigenvalue weighted by Gasteiger charge is 2.26. The molecule has 0 bridgehead atoms. The predicted octanol–water partition coefficient (Wildman–Crippen LogP) is 2.92. The summed E-state index contributed by atoms with van der Waals surface area (Å²) in [5, 5.41) is 13.5. The third-order valence-corrected chi connectivity index (χ3v) is 4.11. The molecule has 2 N–H and O–H groups in total. The first-order valence-electron chi connectivity index (χ1n) is 7.48. The number of nitrogens with zero attached hydrogens (tertiary/aromatic N) is 1. The number of para-hydroxylation sites is 1. The van der Waals surface area contributed by atoms with Gasteiger partial charge < -0.3 is 10.4 Å². The van der Waals surface area contributed by atoms with Gasteiger partial charge >= 0.3 is 0 Å². The fourth-order valence-corrected chi connectivity index (χ4v) is 3.09. The Morgan fingerprint density at radius 1 is 1.42 bits per heavy atom. The minimum atomic E-state index is 0.269. The Morgan fingerprint density at radius 2 is 2.21 bits per heavy atom. The number of phenols is 1. The van der Waals surface area contributed by atoms with Crippen molar-refractivity contribution in [3.05, 3.63) is 29.8 Å². The highest BCUT2D eigenvalue weighted by Crippen LogP contribution is 2.30. The molecule has 1 saturated heterocycles. The summed E-state index contributed by atoms with van der Waals surface area (Å²) >= 11 is 0. The molecule has 1 fully saturated rings. The number of hydrogen-bond acceptors (Lipinski definition) is 3. The smallest absolute Gasteiger partial charge is 0.120 e. The first-order valence-corrected chi connectivity index (χ1v) is 7.48. The summed E-state index contributed by atoms with van der Waals surface area (Å²) in [6.07, 6.45) is 3.65. The summed E-state index contributed by atoms with van der Waals surface area (Å²) in [5.41, 5.74) is 1.04. The summed E-state index contributed by atoms with van der Waals surface area (Å²) in [4.78, 5) is 2.54. The van der Waals surface area contributed by atoms with Crippen molar-refractivity contribution in [1.29, 1.82) is 0 Å². The summed E-state index contributed by atoms with van der Waals surface area (Å²) in [5.74, 6) is 0.417. The number of phenolic OH excluding ortho intramolecular Hbond substituents is 1. The topological polar surface area (TPSA) is 35.5 Å². The molecule has 0 saturated carbocycles. The Hall–Kier alpha value is -1.06. The van der Waals surface area contributed by atoms with Gasteiger partial charge in [-0.15, -0.1) is 0 Å². The lowest BCUT2D eigenvalue weighted by atomic mass is 9.99. The molecular formula is C16H26N2O. The molecule has 0 amide bonds. The molecule has 3 nitrogen and oxygen atoms in total. The van der Waals surface area contributed by atoms with Crippen LogP contribution in [-0.2, 0) is 0 Å². The molecule has 0 aromatic heterocycles. The molecule has 0 spiro atoms. The molecule has 2 rings (SSSR count). The zero-order valence-corrected chi connectivity index (χ0v) is 12.1. The van der Waals surface area contributed by atoms with E-state index in [1.165, 1.54) is 12.8 Å². The molecule has 1 aliphatic rings. The molecule has 1 aromatic carbocycles. The average Bonchev–Trinajstić information content (AvgIpc) is 2.45. The SMILES string of the molecule is CCCN(C1CCCNC1)C(C)c1ccccc1O. The Morgan fingerprint density at radius 3 is 2.84 bits per heavy atom. The Kier molecular flexibility index (Phi) is 5.23. The van der Waals surface area contributed by atoms with E-state index >= 15 is 0 Å². The Labute approximate surface area is 116 Å². The predicted molar refractivity (Wildman–Crippen MR) is 79.4 cm³/mol. The second kappa shape index (κ2) is 6.92. The van der Waals surface area contributed by atoms with Crippen molar-refractivity contribution in [2.75, 3.05) is 19.6 Å². The van der Waals surface area contributed by atoms with Gasteiger partial charge in [-0.05, 0) is 45.3 Å². The molecule has 3 heteroatoms. The van der Waals surface area contributed by atoms with Crippen molar-refractivity contribution in [1.82, 2.24) is 10.2 Å². The van der Waals surface area contributed by atoms with Crippen LogP contribution in [0.4, 0.5) is 0 Å². The Balaban J connectivity index is 2.15. The maximum atomic E-state index is 10.1. The molecule has 2 unspecified atom stereocenters. The van der Waals surface area contributed by atoms with Crippen molar-refractivity contribution in [3.8, 4) is 5.75 Å². The minimum absolute atomic E-state index is 0.269. The largest absolute Gasteiger partial charge is 0.508 e. The van der Waals surface area contributed by atoms with E-state index in [9.17, 15) is 5.11 Å². The molecule has 1 aromatic rings. The monoisotopic (exact) mass is 262 g/mol. The number of aromatic hydroxyl groups is 1. The Bertz CT molecular complexity index is 388. The van der Waals surface area contributed by atoms with Crippen LogP contribution in [0.25, 0.3) is 0 Å². The number of benzene rings is 1. The molecule has 106 valence electrons. The van der Waals surface area contributed by atoms with Gasteiger partial charge in [0.05, 0.1) is 0 Å². The van der Waals surface area contributed by atoms with Gasteiger partial charge in [0, 0.05) is 24.2 Å². The number of piperidine rings is 1. The van der Waals surface area contributed by atoms with E-state index < -0.39 is 0 Å². The highest BCUT2D eigenvalue weighted by molar-refractivity contribution is 5.34. The molecule has 19 heavy (non-hydrogen) atoms. The van der Waals surface area contributed by atoms with Crippen molar-refractivity contribution >= 4 is 0 Å². The van der Waals surface area contributed by atoms with E-state index in [0.29, 0.717) is 11.8 Å². The van der Waals surface area contributed by atoms with Gasteiger partial charge in [-0.3, -0.25) is 4.90 Å². The van der Waals surface area contributed by atoms with Crippen molar-refractivity contribution in [3.63, 3.8) is 0 Å². The highest BCUT2D eigenvalue weighted by atomic mass is 16.3. The maximum Gasteiger partial charge on any atom is 0.120 e. The minimum Gasteiger partial charge on any atom is -0.508 e. The number of nitrogens with one attached hydrogen (secondary N) is 1. The molecule has 0 radical (unpaired) electrons. The number of hydrogen-bond donors (Lipinski definition) is 2. The fourth-order valence-electron chi connectivity index (χ4n) is 3.09. The van der Waals surface area contributed by atoms with Crippen molar-refractivity contribution < 1.29 is 5.11 Å². The zero-order chi connectivity index (χ0) is 13.7. The van der Waals surface area contributed by atoms with Gasteiger partial charge in [-0.25, -0.2) is 0 Å². The van der Waals surface area contributed by atoms with E-state index in [-0.39, 0.29) is 6.04 Å². The first kappa shape index (κ1) is 14.4. The van der Waals surface area contributed by atoms with Gasteiger partial charge in [0.25, 0.3) is 0 Å². The lowest BCUT2D eigenvalue weighted by Gasteiger charge is -2.39. The van der Waals surface area contributed by atoms with Crippen LogP contribution in [0.15, 0.2) is 24.3 Å². The second-order valence-corrected chi connectivity index (χ2v) is 5.47.